The van der Waals surface area contributed by atoms with Crippen molar-refractivity contribution in [2.24, 2.45) is 0 Å². The highest BCUT2D eigenvalue weighted by Crippen LogP contribution is 2.51. The summed E-state index contributed by atoms with van der Waals surface area (Å²) in [6.07, 6.45) is 0. The van der Waals surface area contributed by atoms with Crippen LogP contribution in [0.15, 0.2) is 127 Å². The summed E-state index contributed by atoms with van der Waals surface area (Å²) in [6.45, 7) is 8.50. The predicted octanol–water partition coefficient (Wildman–Crippen LogP) is 14.6. The van der Waals surface area contributed by atoms with Crippen LogP contribution in [0.1, 0.15) is 71.4 Å². The van der Waals surface area contributed by atoms with Crippen molar-refractivity contribution in [1.82, 2.24) is 0 Å². The Morgan fingerprint density at radius 3 is 0.982 bits per heavy atom. The van der Waals surface area contributed by atoms with Crippen molar-refractivity contribution in [3.8, 4) is 0 Å². The van der Waals surface area contributed by atoms with Crippen molar-refractivity contribution < 1.29 is 9.59 Å². The Morgan fingerprint density at radius 2 is 0.632 bits per heavy atom. The van der Waals surface area contributed by atoms with Gasteiger partial charge in [-0.3, -0.25) is 9.59 Å². The molecule has 0 atom stereocenters. The molecule has 1 heterocycles. The van der Waals surface area contributed by atoms with Gasteiger partial charge >= 0.3 is 0 Å². The van der Waals surface area contributed by atoms with Gasteiger partial charge in [0, 0.05) is 16.5 Å². The van der Waals surface area contributed by atoms with Gasteiger partial charge in [0.15, 0.2) is 0 Å². The van der Waals surface area contributed by atoms with Gasteiger partial charge in [0.2, 0.25) is 0 Å². The Hall–Kier alpha value is -6.84. The molecule has 0 spiro atoms. The number of rotatable bonds is 3. The van der Waals surface area contributed by atoms with Crippen molar-refractivity contribution in [1.29, 1.82) is 0 Å². The molecule has 0 saturated carbocycles. The molecule has 12 aromatic rings. The molecule has 57 heavy (non-hydrogen) atoms. The molecule has 1 aliphatic rings. The first-order valence-electron chi connectivity index (χ1n) is 20.2. The monoisotopic (exact) mass is 729 g/mol. The van der Waals surface area contributed by atoms with Crippen LogP contribution in [0.25, 0.3) is 108 Å². The first-order chi connectivity index (χ1) is 27.8. The third kappa shape index (κ3) is 3.65. The van der Waals surface area contributed by atoms with E-state index in [0.717, 1.165) is 49.1 Å². The molecule has 2 amide bonds. The second kappa shape index (κ2) is 10.5. The number of nitrogens with zero attached hydrogens (tertiary/aromatic N) is 1. The molecule has 0 N–H and O–H groups in total. The van der Waals surface area contributed by atoms with Gasteiger partial charge in [-0.05, 0) is 137 Å². The number of benzene rings is 12. The minimum Gasteiger partial charge on any atom is -0.268 e. The molecule has 3 heteroatoms. The first-order valence-corrected chi connectivity index (χ1v) is 20.2. The van der Waals surface area contributed by atoms with Gasteiger partial charge in [0.05, 0.1) is 5.69 Å². The van der Waals surface area contributed by atoms with Gasteiger partial charge in [-0.2, -0.15) is 0 Å². The van der Waals surface area contributed by atoms with Crippen LogP contribution in [0.3, 0.4) is 0 Å². The van der Waals surface area contributed by atoms with Crippen molar-refractivity contribution in [2.45, 2.75) is 39.5 Å². The summed E-state index contributed by atoms with van der Waals surface area (Å²) >= 11 is 0. The molecule has 0 aromatic heterocycles. The maximum Gasteiger partial charge on any atom is 0.266 e. The number of imide groups is 1. The largest absolute Gasteiger partial charge is 0.268 e. The average molecular weight is 730 g/mol. The van der Waals surface area contributed by atoms with Crippen LogP contribution in [0, 0.1) is 0 Å². The third-order valence-corrected chi connectivity index (χ3v) is 13.6. The van der Waals surface area contributed by atoms with Crippen LogP contribution in [0.2, 0.25) is 0 Å². The van der Waals surface area contributed by atoms with Crippen LogP contribution in [0.4, 0.5) is 5.69 Å². The predicted molar refractivity (Wildman–Crippen MR) is 241 cm³/mol. The van der Waals surface area contributed by atoms with Gasteiger partial charge in [0.1, 0.15) is 0 Å². The van der Waals surface area contributed by atoms with Crippen LogP contribution < -0.4 is 4.90 Å². The second-order valence-corrected chi connectivity index (χ2v) is 17.0. The number of carbonyl (C=O) groups is 2. The van der Waals surface area contributed by atoms with E-state index < -0.39 is 0 Å². The van der Waals surface area contributed by atoms with Crippen molar-refractivity contribution in [2.75, 3.05) is 4.90 Å². The number of para-hydroxylation sites is 1. The highest BCUT2D eigenvalue weighted by atomic mass is 16.2. The Morgan fingerprint density at radius 1 is 0.333 bits per heavy atom. The van der Waals surface area contributed by atoms with Gasteiger partial charge in [0.25, 0.3) is 11.8 Å². The van der Waals surface area contributed by atoms with Gasteiger partial charge in [-0.15, -0.1) is 0 Å². The molecule has 0 aliphatic carbocycles. The van der Waals surface area contributed by atoms with E-state index in [-0.39, 0.29) is 23.7 Å². The molecular formula is C54H35NO2. The Kier molecular flexibility index (Phi) is 5.78. The fourth-order valence-corrected chi connectivity index (χ4v) is 11.2. The van der Waals surface area contributed by atoms with Gasteiger partial charge < -0.3 is 0 Å². The Balaban J connectivity index is 1.11. The fourth-order valence-electron chi connectivity index (χ4n) is 11.2. The van der Waals surface area contributed by atoms with E-state index in [1.165, 1.54) is 80.3 Å². The van der Waals surface area contributed by atoms with Crippen LogP contribution in [0.5, 0.6) is 0 Å². The smallest absolute Gasteiger partial charge is 0.266 e. The fraction of sp³-hybridized carbons (Fsp3) is 0.111. The normalized spacial score (nSPS) is 14.0. The lowest BCUT2D eigenvalue weighted by molar-refractivity contribution is 0.0893. The highest BCUT2D eigenvalue weighted by Gasteiger charge is 2.38. The van der Waals surface area contributed by atoms with Crippen molar-refractivity contribution in [3.63, 3.8) is 0 Å². The summed E-state index contributed by atoms with van der Waals surface area (Å²) in [5.74, 6) is -0.224. The average Bonchev–Trinajstić information content (AvgIpc) is 3.23. The maximum absolute atomic E-state index is 14.8. The molecule has 12 aromatic carbocycles. The van der Waals surface area contributed by atoms with E-state index in [2.05, 4.69) is 137 Å². The Bertz CT molecular complexity index is 3570. The number of amides is 2. The summed E-state index contributed by atoms with van der Waals surface area (Å²) in [6, 6.07) is 46.3. The molecule has 13 rings (SSSR count). The lowest BCUT2D eigenvalue weighted by Gasteiger charge is -2.32. The molecule has 1 aliphatic heterocycles. The van der Waals surface area contributed by atoms with E-state index in [1.807, 2.05) is 18.2 Å². The summed E-state index contributed by atoms with van der Waals surface area (Å²) < 4.78 is 0. The summed E-state index contributed by atoms with van der Waals surface area (Å²) in [4.78, 5) is 31.0. The zero-order chi connectivity index (χ0) is 38.2. The molecule has 0 radical (unpaired) electrons. The second-order valence-electron chi connectivity index (χ2n) is 17.0. The summed E-state index contributed by atoms with van der Waals surface area (Å²) in [5.41, 5.74) is 3.92. The maximum atomic E-state index is 14.8. The van der Waals surface area contributed by atoms with Gasteiger partial charge in [-0.25, -0.2) is 4.90 Å². The summed E-state index contributed by atoms with van der Waals surface area (Å²) in [7, 11) is 0. The molecule has 0 fully saturated rings. The molecule has 3 nitrogen and oxygen atoms in total. The standard InChI is InChI=1S/C54H35NO2/c1-26(2)29-10-7-11-30(27(3)4)52(29)55-53(56)43-24-22-41-39-20-18-37-35-16-14-33-31-12-5-8-28-9-6-13-32(45(28)31)34-15-17-36(47(35)46(33)34)38-19-21-40(49(39)48(37)38)42-23-25-44(54(55)57)51(43)50(41)42/h5-27H,1-4H3. The minimum atomic E-state index is -0.252. The van der Waals surface area contributed by atoms with Crippen LogP contribution in [-0.4, -0.2) is 11.8 Å². The van der Waals surface area contributed by atoms with E-state index in [1.54, 1.807) is 0 Å². The zero-order valence-corrected chi connectivity index (χ0v) is 32.0. The van der Waals surface area contributed by atoms with E-state index >= 15 is 0 Å². The van der Waals surface area contributed by atoms with Gasteiger partial charge in [-0.1, -0.05) is 143 Å². The SMILES string of the molecule is CC(C)c1cccc(C(C)C)c1N1C(=O)c2ccc3c4ccc5c6ccc7c8cccc9cccc(c%10ccc(c%11ccc(c%12ccc(c2c3%12)C1=O)c4c5%11)c6c7%10)c98. The van der Waals surface area contributed by atoms with Crippen LogP contribution in [-0.2, 0) is 0 Å². The van der Waals surface area contributed by atoms with Crippen LogP contribution >= 0.6 is 0 Å². The topological polar surface area (TPSA) is 37.4 Å². The quantitative estimate of drug-likeness (QED) is 0.103. The highest BCUT2D eigenvalue weighted by molar-refractivity contribution is 6.47. The lowest BCUT2D eigenvalue weighted by atomic mass is 9.80. The molecule has 0 unspecified atom stereocenters. The molecule has 0 bridgehead atoms. The number of hydrogen-bond acceptors (Lipinski definition) is 2. The third-order valence-electron chi connectivity index (χ3n) is 13.6. The summed E-state index contributed by atoms with van der Waals surface area (Å²) in [5, 5.41) is 24.2. The number of fused-ring (bicyclic) bond motifs is 6. The zero-order valence-electron chi connectivity index (χ0n) is 32.0. The van der Waals surface area contributed by atoms with E-state index in [9.17, 15) is 9.59 Å². The number of carbonyl (C=O) groups excluding carboxylic acids is 2. The number of anilines is 1. The molecule has 0 saturated heterocycles. The van der Waals surface area contributed by atoms with E-state index in [4.69, 9.17) is 0 Å². The molecule has 268 valence electrons. The number of hydrogen-bond donors (Lipinski definition) is 0. The first kappa shape index (κ1) is 31.4. The minimum absolute atomic E-state index is 0.140. The van der Waals surface area contributed by atoms with Crippen molar-refractivity contribution in [3.05, 3.63) is 150 Å². The van der Waals surface area contributed by atoms with Crippen molar-refractivity contribution >= 4 is 125 Å². The molecular weight excluding hydrogens is 695 g/mol. The lowest BCUT2D eigenvalue weighted by Crippen LogP contribution is -2.41. The Labute approximate surface area is 327 Å². The van der Waals surface area contributed by atoms with E-state index in [0.29, 0.717) is 11.1 Å².